The molecule has 0 unspecified atom stereocenters. The van der Waals surface area contributed by atoms with Gasteiger partial charge in [-0.15, -0.1) is 0 Å². The molecule has 0 saturated carbocycles. The van der Waals surface area contributed by atoms with Gasteiger partial charge in [-0.3, -0.25) is 0 Å². The highest BCUT2D eigenvalue weighted by Gasteiger charge is 2.23. The van der Waals surface area contributed by atoms with E-state index in [1.807, 2.05) is 68.4 Å². The van der Waals surface area contributed by atoms with E-state index >= 15 is 0 Å². The monoisotopic (exact) mass is 242 g/mol. The average molecular weight is 242 g/mol. The number of hydrogen-bond donors (Lipinski definition) is 1. The Hall–Kier alpha value is -1.80. The fourth-order valence-electron chi connectivity index (χ4n) is 1.82. The molecule has 0 saturated heterocycles. The summed E-state index contributed by atoms with van der Waals surface area (Å²) in [6.07, 6.45) is 0. The standard InChI is InChI=1S/C16H18O2/c1-16(2,12-17)14-10-6-7-11-15(14)18-13-8-4-3-5-9-13/h3-11,17H,12H2,1-2H3. The Labute approximate surface area is 108 Å². The number of aliphatic hydroxyl groups excluding tert-OH is 1. The van der Waals surface area contributed by atoms with Crippen LogP contribution in [-0.2, 0) is 5.41 Å². The molecule has 0 aliphatic carbocycles. The maximum absolute atomic E-state index is 9.48. The van der Waals surface area contributed by atoms with Crippen molar-refractivity contribution in [1.82, 2.24) is 0 Å². The molecule has 94 valence electrons. The summed E-state index contributed by atoms with van der Waals surface area (Å²) in [5.74, 6) is 1.60. The third kappa shape index (κ3) is 2.71. The Morgan fingerprint density at radius 2 is 1.56 bits per heavy atom. The fraction of sp³-hybridized carbons (Fsp3) is 0.250. The van der Waals surface area contributed by atoms with E-state index in [1.165, 1.54) is 0 Å². The van der Waals surface area contributed by atoms with Crippen molar-refractivity contribution in [3.8, 4) is 11.5 Å². The lowest BCUT2D eigenvalue weighted by atomic mass is 9.85. The fourth-order valence-corrected chi connectivity index (χ4v) is 1.82. The summed E-state index contributed by atoms with van der Waals surface area (Å²) in [6, 6.07) is 17.5. The number of aliphatic hydroxyl groups is 1. The molecule has 0 radical (unpaired) electrons. The molecule has 0 heterocycles. The number of ether oxygens (including phenoxy) is 1. The molecule has 2 rings (SSSR count). The Balaban J connectivity index is 2.34. The maximum atomic E-state index is 9.48. The van der Waals surface area contributed by atoms with Crippen LogP contribution in [0.5, 0.6) is 11.5 Å². The second kappa shape index (κ2) is 5.23. The number of benzene rings is 2. The maximum Gasteiger partial charge on any atom is 0.131 e. The van der Waals surface area contributed by atoms with Crippen LogP contribution in [0.1, 0.15) is 19.4 Å². The Bertz CT molecular complexity index is 504. The number of hydrogen-bond acceptors (Lipinski definition) is 2. The van der Waals surface area contributed by atoms with E-state index in [0.717, 1.165) is 17.1 Å². The minimum atomic E-state index is -0.314. The summed E-state index contributed by atoms with van der Waals surface area (Å²) in [4.78, 5) is 0. The highest BCUT2D eigenvalue weighted by atomic mass is 16.5. The largest absolute Gasteiger partial charge is 0.457 e. The molecule has 18 heavy (non-hydrogen) atoms. The highest BCUT2D eigenvalue weighted by molar-refractivity contribution is 5.41. The van der Waals surface area contributed by atoms with Gasteiger partial charge in [-0.25, -0.2) is 0 Å². The average Bonchev–Trinajstić information content (AvgIpc) is 2.40. The second-order valence-electron chi connectivity index (χ2n) is 4.95. The van der Waals surface area contributed by atoms with Crippen molar-refractivity contribution >= 4 is 0 Å². The molecule has 2 nitrogen and oxygen atoms in total. The molecule has 0 bridgehead atoms. The van der Waals surface area contributed by atoms with Gasteiger partial charge in [0.25, 0.3) is 0 Å². The van der Waals surface area contributed by atoms with Crippen LogP contribution in [0.3, 0.4) is 0 Å². The SMILES string of the molecule is CC(C)(CO)c1ccccc1Oc1ccccc1. The van der Waals surface area contributed by atoms with Crippen LogP contribution in [-0.4, -0.2) is 11.7 Å². The van der Waals surface area contributed by atoms with Crippen molar-refractivity contribution in [3.05, 3.63) is 60.2 Å². The molecule has 1 N–H and O–H groups in total. The van der Waals surface area contributed by atoms with Crippen molar-refractivity contribution < 1.29 is 9.84 Å². The van der Waals surface area contributed by atoms with Gasteiger partial charge in [0.05, 0.1) is 6.61 Å². The summed E-state index contributed by atoms with van der Waals surface area (Å²) in [6.45, 7) is 4.09. The Kier molecular flexibility index (Phi) is 3.68. The first-order chi connectivity index (χ1) is 8.63. The third-order valence-electron chi connectivity index (χ3n) is 2.98. The van der Waals surface area contributed by atoms with Crippen molar-refractivity contribution in [2.75, 3.05) is 6.61 Å². The van der Waals surface area contributed by atoms with Crippen LogP contribution in [0.2, 0.25) is 0 Å². The summed E-state index contributed by atoms with van der Waals surface area (Å²) in [5, 5.41) is 9.48. The van der Waals surface area contributed by atoms with Crippen molar-refractivity contribution in [2.24, 2.45) is 0 Å². The minimum absolute atomic E-state index is 0.0855. The molecule has 0 aliphatic heterocycles. The van der Waals surface area contributed by atoms with Gasteiger partial charge in [-0.2, -0.15) is 0 Å². The van der Waals surface area contributed by atoms with Gasteiger partial charge in [0, 0.05) is 11.0 Å². The van der Waals surface area contributed by atoms with E-state index in [4.69, 9.17) is 4.74 Å². The zero-order valence-corrected chi connectivity index (χ0v) is 10.8. The van der Waals surface area contributed by atoms with E-state index in [1.54, 1.807) is 0 Å². The summed E-state index contributed by atoms with van der Waals surface area (Å²) >= 11 is 0. The van der Waals surface area contributed by atoms with E-state index < -0.39 is 0 Å². The van der Waals surface area contributed by atoms with Gasteiger partial charge in [0.1, 0.15) is 11.5 Å². The second-order valence-corrected chi connectivity index (χ2v) is 4.95. The molecular formula is C16H18O2. The molecule has 2 aromatic carbocycles. The van der Waals surface area contributed by atoms with Gasteiger partial charge < -0.3 is 9.84 Å². The topological polar surface area (TPSA) is 29.5 Å². The van der Waals surface area contributed by atoms with Crippen LogP contribution >= 0.6 is 0 Å². The molecule has 0 aromatic heterocycles. The lowest BCUT2D eigenvalue weighted by Crippen LogP contribution is -2.22. The predicted octanol–water partition coefficient (Wildman–Crippen LogP) is 3.75. The zero-order valence-electron chi connectivity index (χ0n) is 10.8. The van der Waals surface area contributed by atoms with Crippen LogP contribution in [0, 0.1) is 0 Å². The van der Waals surface area contributed by atoms with Gasteiger partial charge in [-0.05, 0) is 18.2 Å². The van der Waals surface area contributed by atoms with E-state index in [0.29, 0.717) is 0 Å². The summed E-state index contributed by atoms with van der Waals surface area (Å²) in [5.41, 5.74) is 0.696. The molecule has 0 fully saturated rings. The van der Waals surface area contributed by atoms with Crippen LogP contribution in [0.25, 0.3) is 0 Å². The summed E-state index contributed by atoms with van der Waals surface area (Å²) in [7, 11) is 0. The van der Waals surface area contributed by atoms with E-state index in [-0.39, 0.29) is 12.0 Å². The quantitative estimate of drug-likeness (QED) is 0.884. The Morgan fingerprint density at radius 3 is 2.22 bits per heavy atom. The first-order valence-corrected chi connectivity index (χ1v) is 6.07. The number of rotatable bonds is 4. The van der Waals surface area contributed by atoms with Gasteiger partial charge in [0.15, 0.2) is 0 Å². The highest BCUT2D eigenvalue weighted by Crippen LogP contribution is 2.33. The van der Waals surface area contributed by atoms with Crippen LogP contribution in [0.4, 0.5) is 0 Å². The molecule has 0 spiro atoms. The van der Waals surface area contributed by atoms with Crippen LogP contribution in [0.15, 0.2) is 54.6 Å². The van der Waals surface area contributed by atoms with E-state index in [2.05, 4.69) is 0 Å². The molecule has 2 heteroatoms. The molecule has 2 aromatic rings. The van der Waals surface area contributed by atoms with Gasteiger partial charge >= 0.3 is 0 Å². The van der Waals surface area contributed by atoms with Crippen LogP contribution < -0.4 is 4.74 Å². The molecule has 0 amide bonds. The lowest BCUT2D eigenvalue weighted by molar-refractivity contribution is 0.216. The third-order valence-corrected chi connectivity index (χ3v) is 2.98. The summed E-state index contributed by atoms with van der Waals surface area (Å²) < 4.78 is 5.89. The first kappa shape index (κ1) is 12.7. The predicted molar refractivity (Wildman–Crippen MR) is 73.1 cm³/mol. The van der Waals surface area contributed by atoms with Crippen molar-refractivity contribution in [1.29, 1.82) is 0 Å². The minimum Gasteiger partial charge on any atom is -0.457 e. The lowest BCUT2D eigenvalue weighted by Gasteiger charge is -2.24. The van der Waals surface area contributed by atoms with Crippen molar-refractivity contribution in [3.63, 3.8) is 0 Å². The zero-order chi connectivity index (χ0) is 13.0. The molecule has 0 atom stereocenters. The first-order valence-electron chi connectivity index (χ1n) is 6.07. The molecule has 0 aliphatic rings. The Morgan fingerprint density at radius 1 is 0.944 bits per heavy atom. The smallest absolute Gasteiger partial charge is 0.131 e. The normalized spacial score (nSPS) is 11.3. The van der Waals surface area contributed by atoms with Gasteiger partial charge in [-0.1, -0.05) is 50.2 Å². The number of para-hydroxylation sites is 2. The van der Waals surface area contributed by atoms with Crippen molar-refractivity contribution in [2.45, 2.75) is 19.3 Å². The van der Waals surface area contributed by atoms with Gasteiger partial charge in [0.2, 0.25) is 0 Å². The van der Waals surface area contributed by atoms with E-state index in [9.17, 15) is 5.11 Å². The molecular weight excluding hydrogens is 224 g/mol.